The molecule has 0 N–H and O–H groups in total. The van der Waals surface area contributed by atoms with E-state index in [9.17, 15) is 0 Å². The van der Waals surface area contributed by atoms with Crippen molar-refractivity contribution < 1.29 is 0 Å². The maximum absolute atomic E-state index is 2.42. The van der Waals surface area contributed by atoms with Gasteiger partial charge in [-0.25, -0.2) is 0 Å². The first kappa shape index (κ1) is 34.0. The Bertz CT molecular complexity index is 2980. The van der Waals surface area contributed by atoms with Gasteiger partial charge in [-0.3, -0.25) is 0 Å². The van der Waals surface area contributed by atoms with Crippen LogP contribution in [-0.4, -0.2) is 0 Å². The summed E-state index contributed by atoms with van der Waals surface area (Å²) in [5, 5.41) is 4.96. The molecule has 268 valence electrons. The van der Waals surface area contributed by atoms with Crippen LogP contribution >= 0.6 is 0 Å². The topological polar surface area (TPSA) is 3.24 Å². The minimum atomic E-state index is 1.09. The Morgan fingerprint density at radius 1 is 0.246 bits per heavy atom. The number of nitrogens with zero attached hydrogens (tertiary/aromatic N) is 1. The highest BCUT2D eigenvalue weighted by atomic mass is 15.1. The first-order chi connectivity index (χ1) is 28.3. The number of anilines is 3. The standard InChI is InChI=1S/C56H39N/c1-3-15-40(16-4-1)41-29-31-45(32-30-41)52-25-11-12-28-55(52)57(49-23-13-22-47(39-49)51-27-14-21-42-19-7-9-24-50(42)51)48-36-33-46(34-37-48)56-53-26-10-8-20-44(53)35-38-54(56)43-17-5-2-6-18-43/h1-39H. The Labute approximate surface area is 334 Å². The zero-order chi connectivity index (χ0) is 38.0. The summed E-state index contributed by atoms with van der Waals surface area (Å²) >= 11 is 0. The van der Waals surface area contributed by atoms with E-state index in [1.54, 1.807) is 0 Å². The van der Waals surface area contributed by atoms with E-state index in [1.807, 2.05) is 0 Å². The second-order valence-corrected chi connectivity index (χ2v) is 14.5. The molecule has 0 fully saturated rings. The van der Waals surface area contributed by atoms with E-state index in [2.05, 4.69) is 241 Å². The molecule has 0 aliphatic carbocycles. The zero-order valence-electron chi connectivity index (χ0n) is 31.5. The molecule has 0 unspecified atom stereocenters. The number of rotatable bonds is 8. The van der Waals surface area contributed by atoms with Crippen LogP contribution in [0.1, 0.15) is 0 Å². The van der Waals surface area contributed by atoms with Crippen LogP contribution < -0.4 is 4.90 Å². The van der Waals surface area contributed by atoms with E-state index in [4.69, 9.17) is 0 Å². The van der Waals surface area contributed by atoms with Gasteiger partial charge >= 0.3 is 0 Å². The predicted molar refractivity (Wildman–Crippen MR) is 243 cm³/mol. The summed E-state index contributed by atoms with van der Waals surface area (Å²) < 4.78 is 0. The van der Waals surface area contributed by atoms with Gasteiger partial charge in [-0.1, -0.05) is 206 Å². The molecule has 57 heavy (non-hydrogen) atoms. The molecular weight excluding hydrogens is 687 g/mol. The van der Waals surface area contributed by atoms with Crippen molar-refractivity contribution in [1.82, 2.24) is 0 Å². The van der Waals surface area contributed by atoms with Crippen molar-refractivity contribution in [2.45, 2.75) is 0 Å². The van der Waals surface area contributed by atoms with E-state index in [0.29, 0.717) is 0 Å². The highest BCUT2D eigenvalue weighted by Gasteiger charge is 2.19. The Morgan fingerprint density at radius 2 is 0.754 bits per heavy atom. The SMILES string of the molecule is c1ccc(-c2ccc(-c3ccccc3N(c3ccc(-c4c(-c5ccccc5)ccc5ccccc45)cc3)c3cccc(-c4cccc5ccccc45)c3)cc2)cc1. The molecule has 0 saturated carbocycles. The molecule has 0 aromatic heterocycles. The third-order valence-electron chi connectivity index (χ3n) is 11.1. The molecule has 0 amide bonds. The van der Waals surface area contributed by atoms with Gasteiger partial charge in [-0.2, -0.15) is 0 Å². The molecule has 1 heteroatoms. The highest BCUT2D eigenvalue weighted by Crippen LogP contribution is 2.44. The first-order valence-corrected chi connectivity index (χ1v) is 19.6. The van der Waals surface area contributed by atoms with Gasteiger partial charge < -0.3 is 4.90 Å². The lowest BCUT2D eigenvalue weighted by Crippen LogP contribution is -2.11. The second kappa shape index (κ2) is 15.0. The lowest BCUT2D eigenvalue weighted by molar-refractivity contribution is 1.28. The summed E-state index contributed by atoms with van der Waals surface area (Å²) in [4.78, 5) is 2.42. The fourth-order valence-electron chi connectivity index (χ4n) is 8.32. The minimum Gasteiger partial charge on any atom is -0.310 e. The molecule has 10 aromatic carbocycles. The molecule has 10 aromatic rings. The third-order valence-corrected chi connectivity index (χ3v) is 11.1. The van der Waals surface area contributed by atoms with E-state index in [0.717, 1.165) is 22.6 Å². The van der Waals surface area contributed by atoms with Gasteiger partial charge in [0.15, 0.2) is 0 Å². The maximum Gasteiger partial charge on any atom is 0.0540 e. The molecule has 0 radical (unpaired) electrons. The average molecular weight is 726 g/mol. The van der Waals surface area contributed by atoms with Crippen LogP contribution in [0.2, 0.25) is 0 Å². The zero-order valence-corrected chi connectivity index (χ0v) is 31.5. The van der Waals surface area contributed by atoms with Gasteiger partial charge in [0, 0.05) is 16.9 Å². The molecule has 0 aliphatic heterocycles. The number of para-hydroxylation sites is 1. The molecule has 0 saturated heterocycles. The minimum absolute atomic E-state index is 1.09. The van der Waals surface area contributed by atoms with E-state index in [1.165, 1.54) is 71.6 Å². The van der Waals surface area contributed by atoms with Crippen molar-refractivity contribution in [3.63, 3.8) is 0 Å². The Balaban J connectivity index is 1.13. The number of hydrogen-bond donors (Lipinski definition) is 0. The smallest absolute Gasteiger partial charge is 0.0540 e. The van der Waals surface area contributed by atoms with Gasteiger partial charge in [-0.05, 0) is 102 Å². The molecule has 1 nitrogen and oxygen atoms in total. The lowest BCUT2D eigenvalue weighted by atomic mass is 9.89. The van der Waals surface area contributed by atoms with Gasteiger partial charge in [0.25, 0.3) is 0 Å². The summed E-state index contributed by atoms with van der Waals surface area (Å²) in [7, 11) is 0. The van der Waals surface area contributed by atoms with Crippen molar-refractivity contribution in [1.29, 1.82) is 0 Å². The van der Waals surface area contributed by atoms with Crippen LogP contribution in [0.15, 0.2) is 237 Å². The summed E-state index contributed by atoms with van der Waals surface area (Å²) in [6.07, 6.45) is 0. The summed E-state index contributed by atoms with van der Waals surface area (Å²) in [6, 6.07) is 85.6. The van der Waals surface area contributed by atoms with E-state index < -0.39 is 0 Å². The highest BCUT2D eigenvalue weighted by molar-refractivity contribution is 6.04. The van der Waals surface area contributed by atoms with Crippen molar-refractivity contribution >= 4 is 38.6 Å². The molecular formula is C56H39N. The van der Waals surface area contributed by atoms with Crippen molar-refractivity contribution in [3.8, 4) is 55.6 Å². The second-order valence-electron chi connectivity index (χ2n) is 14.5. The average Bonchev–Trinajstić information content (AvgIpc) is 3.30. The quantitative estimate of drug-likeness (QED) is 0.151. The van der Waals surface area contributed by atoms with Crippen LogP contribution in [0.4, 0.5) is 17.1 Å². The van der Waals surface area contributed by atoms with Crippen molar-refractivity contribution in [2.24, 2.45) is 0 Å². The summed E-state index contributed by atoms with van der Waals surface area (Å²) in [5.74, 6) is 0. The van der Waals surface area contributed by atoms with Crippen molar-refractivity contribution in [2.75, 3.05) is 4.90 Å². The third kappa shape index (κ3) is 6.56. The predicted octanol–water partition coefficient (Wildman–Crippen LogP) is 15.8. The van der Waals surface area contributed by atoms with Crippen LogP contribution in [0.25, 0.3) is 77.2 Å². The van der Waals surface area contributed by atoms with Gasteiger partial charge in [-0.15, -0.1) is 0 Å². The maximum atomic E-state index is 2.42. The largest absolute Gasteiger partial charge is 0.310 e. The Morgan fingerprint density at radius 3 is 1.53 bits per heavy atom. The fourth-order valence-corrected chi connectivity index (χ4v) is 8.32. The molecule has 0 bridgehead atoms. The Hall–Kier alpha value is -7.48. The van der Waals surface area contributed by atoms with Crippen LogP contribution in [-0.2, 0) is 0 Å². The monoisotopic (exact) mass is 725 g/mol. The van der Waals surface area contributed by atoms with Gasteiger partial charge in [0.1, 0.15) is 0 Å². The van der Waals surface area contributed by atoms with E-state index in [-0.39, 0.29) is 0 Å². The molecule has 0 spiro atoms. The fraction of sp³-hybridized carbons (Fsp3) is 0. The molecule has 0 heterocycles. The number of fused-ring (bicyclic) bond motifs is 2. The molecule has 0 atom stereocenters. The van der Waals surface area contributed by atoms with E-state index >= 15 is 0 Å². The molecule has 0 aliphatic rings. The molecule has 10 rings (SSSR count). The van der Waals surface area contributed by atoms with Crippen LogP contribution in [0, 0.1) is 0 Å². The van der Waals surface area contributed by atoms with Gasteiger partial charge in [0.05, 0.1) is 5.69 Å². The number of hydrogen-bond acceptors (Lipinski definition) is 1. The van der Waals surface area contributed by atoms with Crippen molar-refractivity contribution in [3.05, 3.63) is 237 Å². The van der Waals surface area contributed by atoms with Gasteiger partial charge in [0.2, 0.25) is 0 Å². The lowest BCUT2D eigenvalue weighted by Gasteiger charge is -2.29. The Kier molecular flexibility index (Phi) is 8.95. The normalized spacial score (nSPS) is 11.2. The summed E-state index contributed by atoms with van der Waals surface area (Å²) in [6.45, 7) is 0. The van der Waals surface area contributed by atoms with Crippen LogP contribution in [0.5, 0.6) is 0 Å². The first-order valence-electron chi connectivity index (χ1n) is 19.6. The number of benzene rings is 10. The van der Waals surface area contributed by atoms with Crippen LogP contribution in [0.3, 0.4) is 0 Å². The summed E-state index contributed by atoms with van der Waals surface area (Å²) in [5.41, 5.74) is 15.3.